The second-order valence-corrected chi connectivity index (χ2v) is 3.18. The van der Waals surface area contributed by atoms with E-state index in [1.165, 1.54) is 4.90 Å². The summed E-state index contributed by atoms with van der Waals surface area (Å²) in [4.78, 5) is 12.1. The molecule has 0 aliphatic carbocycles. The highest BCUT2D eigenvalue weighted by Gasteiger charge is 2.29. The summed E-state index contributed by atoms with van der Waals surface area (Å²) in [6.07, 6.45) is 0. The summed E-state index contributed by atoms with van der Waals surface area (Å²) in [6.45, 7) is 5.53. The summed E-state index contributed by atoms with van der Waals surface area (Å²) >= 11 is 0. The van der Waals surface area contributed by atoms with Crippen molar-refractivity contribution in [1.29, 1.82) is 0 Å². The minimum atomic E-state index is -0.222. The summed E-state index contributed by atoms with van der Waals surface area (Å²) in [5.74, 6) is 0.238. The lowest BCUT2D eigenvalue weighted by Gasteiger charge is -2.25. The molecule has 9 heavy (non-hydrogen) atoms. The molecule has 0 aliphatic rings. The van der Waals surface area contributed by atoms with Gasteiger partial charge in [-0.25, -0.2) is 0 Å². The minimum Gasteiger partial charge on any atom is -0.329 e. The van der Waals surface area contributed by atoms with Crippen LogP contribution in [0.3, 0.4) is 0 Å². The van der Waals surface area contributed by atoms with Gasteiger partial charge in [0.1, 0.15) is 0 Å². The molecule has 0 spiro atoms. The van der Waals surface area contributed by atoms with Gasteiger partial charge in [-0.15, -0.1) is 0 Å². The van der Waals surface area contributed by atoms with Crippen molar-refractivity contribution >= 4 is 5.78 Å². The van der Waals surface area contributed by atoms with Gasteiger partial charge in [0.2, 0.25) is 0 Å². The second-order valence-electron chi connectivity index (χ2n) is 3.18. The first-order valence-electron chi connectivity index (χ1n) is 3.20. The fraction of sp³-hybridized carbons (Fsp3) is 0.857. The largest absolute Gasteiger partial charge is 0.329 e. The molecule has 0 radical (unpaired) electrons. The van der Waals surface area contributed by atoms with Gasteiger partial charge >= 0.3 is 0 Å². The van der Waals surface area contributed by atoms with Gasteiger partial charge in [0.25, 0.3) is 0 Å². The summed E-state index contributed by atoms with van der Waals surface area (Å²) < 4.78 is 0. The van der Waals surface area contributed by atoms with Crippen LogP contribution in [0, 0.1) is 0 Å². The van der Waals surface area contributed by atoms with Gasteiger partial charge in [0.05, 0.1) is 14.1 Å². The van der Waals surface area contributed by atoms with E-state index in [9.17, 15) is 4.79 Å². The van der Waals surface area contributed by atoms with Crippen LogP contribution in [0.5, 0.6) is 0 Å². The van der Waals surface area contributed by atoms with E-state index in [1.807, 2.05) is 27.9 Å². The number of carbonyl (C=O) groups is 1. The predicted molar refractivity (Wildman–Crippen MR) is 37.6 cm³/mol. The van der Waals surface area contributed by atoms with E-state index in [0.717, 1.165) is 0 Å². The molecule has 0 unspecified atom stereocenters. The molecule has 0 aromatic carbocycles. The van der Waals surface area contributed by atoms with Crippen molar-refractivity contribution in [2.75, 3.05) is 14.1 Å². The van der Waals surface area contributed by atoms with E-state index < -0.39 is 0 Å². The minimum absolute atomic E-state index is 0.222. The molecule has 0 fully saturated rings. The number of likely N-dealkylation sites (N-methyl/N-ethyl adjacent to an activating group) is 1. The molecule has 0 aliphatic heterocycles. The van der Waals surface area contributed by atoms with Crippen molar-refractivity contribution in [1.82, 2.24) is 0 Å². The molecule has 0 rings (SSSR count). The lowest BCUT2D eigenvalue weighted by molar-refractivity contribution is -0.899. The molecule has 0 aromatic heterocycles. The van der Waals surface area contributed by atoms with Crippen LogP contribution in [0.25, 0.3) is 0 Å². The molecule has 0 atom stereocenters. The van der Waals surface area contributed by atoms with Gasteiger partial charge in [0.15, 0.2) is 11.3 Å². The quantitative estimate of drug-likeness (QED) is 0.534. The normalized spacial score (nSPS) is 12.2. The average Bonchev–Trinajstić information content (AvgIpc) is 1.65. The Morgan fingerprint density at radius 1 is 1.33 bits per heavy atom. The standard InChI is InChI=1S/C7H15NO/c1-6(9)7(2,3)8(4)5/h1-5H3/p+1. The first-order valence-corrected chi connectivity index (χ1v) is 3.20. The van der Waals surface area contributed by atoms with Gasteiger partial charge in [-0.3, -0.25) is 4.79 Å². The highest BCUT2D eigenvalue weighted by atomic mass is 16.1. The molecule has 0 saturated carbocycles. The van der Waals surface area contributed by atoms with Crippen LogP contribution in [0.2, 0.25) is 0 Å². The van der Waals surface area contributed by atoms with E-state index >= 15 is 0 Å². The molecule has 0 aromatic rings. The molecule has 1 N–H and O–H groups in total. The fourth-order valence-electron chi connectivity index (χ4n) is 0.352. The van der Waals surface area contributed by atoms with Crippen molar-refractivity contribution < 1.29 is 9.69 Å². The highest BCUT2D eigenvalue weighted by Crippen LogP contribution is 1.95. The Hall–Kier alpha value is -0.370. The Morgan fingerprint density at radius 2 is 1.67 bits per heavy atom. The average molecular weight is 130 g/mol. The first kappa shape index (κ1) is 8.63. The molecule has 0 bridgehead atoms. The Balaban J connectivity index is 4.19. The van der Waals surface area contributed by atoms with Crippen LogP contribution in [-0.4, -0.2) is 25.4 Å². The van der Waals surface area contributed by atoms with E-state index in [2.05, 4.69) is 0 Å². The van der Waals surface area contributed by atoms with Crippen LogP contribution in [-0.2, 0) is 4.79 Å². The molecule has 0 amide bonds. The summed E-state index contributed by atoms with van der Waals surface area (Å²) in [5, 5.41) is 0. The maximum atomic E-state index is 10.9. The second kappa shape index (κ2) is 2.48. The molecule has 2 heteroatoms. The van der Waals surface area contributed by atoms with E-state index in [1.54, 1.807) is 6.92 Å². The number of rotatable bonds is 2. The van der Waals surface area contributed by atoms with Crippen LogP contribution in [0.15, 0.2) is 0 Å². The summed E-state index contributed by atoms with van der Waals surface area (Å²) in [5.41, 5.74) is -0.222. The van der Waals surface area contributed by atoms with Crippen molar-refractivity contribution in [3.8, 4) is 0 Å². The Morgan fingerprint density at radius 3 is 1.67 bits per heavy atom. The fourth-order valence-corrected chi connectivity index (χ4v) is 0.352. The lowest BCUT2D eigenvalue weighted by Crippen LogP contribution is -3.15. The van der Waals surface area contributed by atoms with Crippen molar-refractivity contribution in [3.05, 3.63) is 0 Å². The van der Waals surface area contributed by atoms with Crippen molar-refractivity contribution in [2.45, 2.75) is 26.3 Å². The number of hydrogen-bond donors (Lipinski definition) is 1. The number of carbonyl (C=O) groups excluding carboxylic acids is 1. The maximum Gasteiger partial charge on any atom is 0.189 e. The topological polar surface area (TPSA) is 21.5 Å². The third kappa shape index (κ3) is 1.79. The van der Waals surface area contributed by atoms with Crippen LogP contribution in [0.4, 0.5) is 0 Å². The smallest absolute Gasteiger partial charge is 0.189 e. The molecule has 0 saturated heterocycles. The van der Waals surface area contributed by atoms with Crippen LogP contribution < -0.4 is 4.90 Å². The first-order chi connectivity index (χ1) is 3.89. The molecule has 54 valence electrons. The number of ketones is 1. The van der Waals surface area contributed by atoms with Crippen molar-refractivity contribution in [2.24, 2.45) is 0 Å². The van der Waals surface area contributed by atoms with Crippen molar-refractivity contribution in [3.63, 3.8) is 0 Å². The van der Waals surface area contributed by atoms with Crippen LogP contribution in [0.1, 0.15) is 20.8 Å². The Bertz CT molecular complexity index is 116. The zero-order valence-electron chi connectivity index (χ0n) is 6.91. The molecule has 0 heterocycles. The third-order valence-electron chi connectivity index (χ3n) is 2.13. The van der Waals surface area contributed by atoms with Gasteiger partial charge in [-0.05, 0) is 13.8 Å². The monoisotopic (exact) mass is 130 g/mol. The summed E-state index contributed by atoms with van der Waals surface area (Å²) in [7, 11) is 3.98. The number of Topliss-reactive ketones (excluding diaryl/α,β-unsaturated/α-hetero) is 1. The van der Waals surface area contributed by atoms with Crippen LogP contribution >= 0.6 is 0 Å². The number of hydrogen-bond acceptors (Lipinski definition) is 1. The number of nitrogens with one attached hydrogen (secondary N) is 1. The zero-order valence-corrected chi connectivity index (χ0v) is 6.91. The molecule has 2 nitrogen and oxygen atoms in total. The Kier molecular flexibility index (Phi) is 2.38. The van der Waals surface area contributed by atoms with E-state index in [4.69, 9.17) is 0 Å². The summed E-state index contributed by atoms with van der Waals surface area (Å²) in [6, 6.07) is 0. The highest BCUT2D eigenvalue weighted by molar-refractivity contribution is 5.83. The van der Waals surface area contributed by atoms with E-state index in [0.29, 0.717) is 0 Å². The SMILES string of the molecule is CC(=O)C(C)(C)[NH+](C)C. The maximum absolute atomic E-state index is 10.9. The lowest BCUT2D eigenvalue weighted by atomic mass is 9.99. The van der Waals surface area contributed by atoms with Gasteiger partial charge < -0.3 is 4.90 Å². The molecular weight excluding hydrogens is 114 g/mol. The zero-order chi connectivity index (χ0) is 7.65. The van der Waals surface area contributed by atoms with E-state index in [-0.39, 0.29) is 11.3 Å². The Labute approximate surface area is 56.9 Å². The van der Waals surface area contributed by atoms with Gasteiger partial charge in [-0.1, -0.05) is 0 Å². The number of quaternary nitrogens is 1. The van der Waals surface area contributed by atoms with Gasteiger partial charge in [-0.2, -0.15) is 0 Å². The molecular formula is C7H16NO+. The third-order valence-corrected chi connectivity index (χ3v) is 2.13. The van der Waals surface area contributed by atoms with Gasteiger partial charge in [0, 0.05) is 6.92 Å². The predicted octanol–water partition coefficient (Wildman–Crippen LogP) is -0.501.